The Morgan fingerprint density at radius 3 is 2.75 bits per heavy atom. The summed E-state index contributed by atoms with van der Waals surface area (Å²) in [5.41, 5.74) is 0.819. The van der Waals surface area contributed by atoms with Crippen LogP contribution >= 0.6 is 0 Å². The van der Waals surface area contributed by atoms with E-state index in [4.69, 9.17) is 4.74 Å². The van der Waals surface area contributed by atoms with Gasteiger partial charge in [-0.25, -0.2) is 8.78 Å². The lowest BCUT2D eigenvalue weighted by Crippen LogP contribution is -2.35. The molecule has 0 aromatic heterocycles. The number of hydrogen-bond donors (Lipinski definition) is 1. The van der Waals surface area contributed by atoms with Gasteiger partial charge in [-0.2, -0.15) is 0 Å². The third-order valence-electron chi connectivity index (χ3n) is 4.74. The van der Waals surface area contributed by atoms with Crippen molar-refractivity contribution in [1.29, 1.82) is 0 Å². The van der Waals surface area contributed by atoms with E-state index < -0.39 is 23.6 Å². The van der Waals surface area contributed by atoms with E-state index in [-0.39, 0.29) is 30.3 Å². The first-order chi connectivity index (χ1) is 13.4. The van der Waals surface area contributed by atoms with Gasteiger partial charge >= 0.3 is 0 Å². The maximum Gasteiger partial charge on any atom is 0.227 e. The van der Waals surface area contributed by atoms with Gasteiger partial charge in [0.25, 0.3) is 0 Å². The molecule has 2 aromatic carbocycles. The highest BCUT2D eigenvalue weighted by molar-refractivity contribution is 6.01. The number of halogens is 2. The number of para-hydroxylation sites is 2. The van der Waals surface area contributed by atoms with Crippen LogP contribution in [0.1, 0.15) is 31.9 Å². The van der Waals surface area contributed by atoms with Crippen molar-refractivity contribution >= 4 is 17.5 Å². The maximum atomic E-state index is 13.9. The van der Waals surface area contributed by atoms with Crippen molar-refractivity contribution in [2.24, 2.45) is 5.92 Å². The normalized spacial score (nSPS) is 17.5. The van der Waals surface area contributed by atoms with E-state index in [0.717, 1.165) is 12.1 Å². The van der Waals surface area contributed by atoms with E-state index in [1.54, 1.807) is 30.0 Å². The Bertz CT molecular complexity index is 888. The fourth-order valence-corrected chi connectivity index (χ4v) is 3.34. The number of anilines is 1. The predicted octanol–water partition coefficient (Wildman–Crippen LogP) is 3.59. The van der Waals surface area contributed by atoms with E-state index in [9.17, 15) is 18.4 Å². The van der Waals surface area contributed by atoms with Crippen LogP contribution in [0.3, 0.4) is 0 Å². The SMILES string of the molecule is CCOc1ccccc1N1CC(C(=O)NC(C)c2ccc(F)cc2F)CC1=O. The van der Waals surface area contributed by atoms with Crippen LogP contribution in [0.5, 0.6) is 5.75 Å². The van der Waals surface area contributed by atoms with Gasteiger partial charge in [0.1, 0.15) is 17.4 Å². The Kier molecular flexibility index (Phi) is 5.92. The zero-order chi connectivity index (χ0) is 20.3. The number of carbonyl (C=O) groups is 2. The standard InChI is InChI=1S/C21H22F2N2O3/c1-3-28-19-7-5-4-6-18(19)25-12-14(10-20(25)26)21(27)24-13(2)16-9-8-15(22)11-17(16)23/h4-9,11,13-14H,3,10,12H2,1-2H3,(H,24,27). The van der Waals surface area contributed by atoms with Gasteiger partial charge in [-0.15, -0.1) is 0 Å². The van der Waals surface area contributed by atoms with Crippen LogP contribution < -0.4 is 15.0 Å². The molecule has 0 radical (unpaired) electrons. The summed E-state index contributed by atoms with van der Waals surface area (Å²) in [6.45, 7) is 4.15. The van der Waals surface area contributed by atoms with Crippen molar-refractivity contribution in [3.05, 3.63) is 59.7 Å². The second kappa shape index (κ2) is 8.37. The first-order valence-electron chi connectivity index (χ1n) is 9.18. The van der Waals surface area contributed by atoms with E-state index in [1.807, 2.05) is 13.0 Å². The Morgan fingerprint density at radius 1 is 1.29 bits per heavy atom. The van der Waals surface area contributed by atoms with Crippen LogP contribution in [0.25, 0.3) is 0 Å². The number of nitrogens with one attached hydrogen (secondary N) is 1. The number of hydrogen-bond acceptors (Lipinski definition) is 3. The molecule has 148 valence electrons. The molecule has 28 heavy (non-hydrogen) atoms. The highest BCUT2D eigenvalue weighted by Crippen LogP contribution is 2.33. The summed E-state index contributed by atoms with van der Waals surface area (Å²) in [7, 11) is 0. The fourth-order valence-electron chi connectivity index (χ4n) is 3.34. The number of ether oxygens (including phenoxy) is 1. The Hall–Kier alpha value is -2.96. The number of benzene rings is 2. The lowest BCUT2D eigenvalue weighted by Gasteiger charge is -2.21. The monoisotopic (exact) mass is 388 g/mol. The predicted molar refractivity (Wildman–Crippen MR) is 101 cm³/mol. The van der Waals surface area contributed by atoms with Crippen LogP contribution in [0.15, 0.2) is 42.5 Å². The minimum absolute atomic E-state index is 0.0604. The van der Waals surface area contributed by atoms with Crippen LogP contribution in [0, 0.1) is 17.6 Å². The summed E-state index contributed by atoms with van der Waals surface area (Å²) in [6, 6.07) is 9.76. The molecule has 1 N–H and O–H groups in total. The average Bonchev–Trinajstić information content (AvgIpc) is 3.04. The molecule has 7 heteroatoms. The van der Waals surface area contributed by atoms with E-state index in [1.165, 1.54) is 6.07 Å². The molecule has 0 saturated carbocycles. The fraction of sp³-hybridized carbons (Fsp3) is 0.333. The van der Waals surface area contributed by atoms with Crippen molar-refractivity contribution in [3.8, 4) is 5.75 Å². The summed E-state index contributed by atoms with van der Waals surface area (Å²) in [5.74, 6) is -1.89. The topological polar surface area (TPSA) is 58.6 Å². The number of amides is 2. The highest BCUT2D eigenvalue weighted by atomic mass is 19.1. The molecular formula is C21H22F2N2O3. The quantitative estimate of drug-likeness (QED) is 0.823. The van der Waals surface area contributed by atoms with Gasteiger partial charge in [0, 0.05) is 24.6 Å². The number of rotatable bonds is 6. The third-order valence-corrected chi connectivity index (χ3v) is 4.74. The molecule has 2 aromatic rings. The van der Waals surface area contributed by atoms with E-state index in [0.29, 0.717) is 18.0 Å². The molecule has 1 fully saturated rings. The van der Waals surface area contributed by atoms with Gasteiger partial charge in [0.15, 0.2) is 0 Å². The van der Waals surface area contributed by atoms with Crippen LogP contribution in [-0.4, -0.2) is 25.0 Å². The van der Waals surface area contributed by atoms with Crippen molar-refractivity contribution in [3.63, 3.8) is 0 Å². The van der Waals surface area contributed by atoms with Gasteiger partial charge in [-0.1, -0.05) is 18.2 Å². The minimum atomic E-state index is -0.720. The molecular weight excluding hydrogens is 366 g/mol. The van der Waals surface area contributed by atoms with Crippen LogP contribution in [0.4, 0.5) is 14.5 Å². The molecule has 2 atom stereocenters. The molecule has 3 rings (SSSR count). The van der Waals surface area contributed by atoms with Gasteiger partial charge in [0.2, 0.25) is 11.8 Å². The maximum absolute atomic E-state index is 13.9. The lowest BCUT2D eigenvalue weighted by molar-refractivity contribution is -0.126. The summed E-state index contributed by atoms with van der Waals surface area (Å²) in [4.78, 5) is 26.6. The smallest absolute Gasteiger partial charge is 0.227 e. The van der Waals surface area contributed by atoms with Gasteiger partial charge in [0.05, 0.1) is 24.3 Å². The number of nitrogens with zero attached hydrogens (tertiary/aromatic N) is 1. The average molecular weight is 388 g/mol. The zero-order valence-electron chi connectivity index (χ0n) is 15.7. The lowest BCUT2D eigenvalue weighted by atomic mass is 10.0. The summed E-state index contributed by atoms with van der Waals surface area (Å²) >= 11 is 0. The van der Waals surface area contributed by atoms with Gasteiger partial charge in [-0.05, 0) is 32.0 Å². The summed E-state index contributed by atoms with van der Waals surface area (Å²) in [6.07, 6.45) is 0.0604. The number of carbonyl (C=O) groups excluding carboxylic acids is 2. The Balaban J connectivity index is 1.70. The molecule has 1 aliphatic heterocycles. The molecule has 1 heterocycles. The largest absolute Gasteiger partial charge is 0.492 e. The van der Waals surface area contributed by atoms with Crippen LogP contribution in [0.2, 0.25) is 0 Å². The first kappa shape index (κ1) is 19.8. The Labute approximate surface area is 162 Å². The van der Waals surface area contributed by atoms with Gasteiger partial charge < -0.3 is 15.0 Å². The molecule has 0 aliphatic carbocycles. The third kappa shape index (κ3) is 4.13. The Morgan fingerprint density at radius 2 is 2.04 bits per heavy atom. The van der Waals surface area contributed by atoms with Crippen LogP contribution in [-0.2, 0) is 9.59 Å². The second-order valence-corrected chi connectivity index (χ2v) is 6.70. The minimum Gasteiger partial charge on any atom is -0.492 e. The molecule has 0 bridgehead atoms. The zero-order valence-corrected chi connectivity index (χ0v) is 15.7. The summed E-state index contributed by atoms with van der Waals surface area (Å²) < 4.78 is 32.6. The van der Waals surface area contributed by atoms with Crippen molar-refractivity contribution in [1.82, 2.24) is 5.32 Å². The summed E-state index contributed by atoms with van der Waals surface area (Å²) in [5, 5.41) is 2.72. The molecule has 2 amide bonds. The van der Waals surface area contributed by atoms with Crippen molar-refractivity contribution in [2.75, 3.05) is 18.1 Å². The second-order valence-electron chi connectivity index (χ2n) is 6.70. The van der Waals surface area contributed by atoms with E-state index >= 15 is 0 Å². The molecule has 2 unspecified atom stereocenters. The van der Waals surface area contributed by atoms with E-state index in [2.05, 4.69) is 5.32 Å². The first-order valence-corrected chi connectivity index (χ1v) is 9.18. The van der Waals surface area contributed by atoms with Gasteiger partial charge in [-0.3, -0.25) is 9.59 Å². The van der Waals surface area contributed by atoms with Crippen molar-refractivity contribution < 1.29 is 23.1 Å². The molecule has 1 saturated heterocycles. The van der Waals surface area contributed by atoms with Crippen molar-refractivity contribution in [2.45, 2.75) is 26.3 Å². The molecule has 0 spiro atoms. The highest BCUT2D eigenvalue weighted by Gasteiger charge is 2.36. The molecule has 1 aliphatic rings. The molecule has 5 nitrogen and oxygen atoms in total.